The van der Waals surface area contributed by atoms with Crippen molar-refractivity contribution in [1.29, 1.82) is 0 Å². The lowest BCUT2D eigenvalue weighted by Gasteiger charge is -2.32. The van der Waals surface area contributed by atoms with Crippen molar-refractivity contribution in [3.8, 4) is 0 Å². The third-order valence-corrected chi connectivity index (χ3v) is 7.02. The predicted molar refractivity (Wildman–Crippen MR) is 79.4 cm³/mol. The molecule has 4 nitrogen and oxygen atoms in total. The van der Waals surface area contributed by atoms with Crippen LogP contribution < -0.4 is 5.32 Å². The van der Waals surface area contributed by atoms with Crippen LogP contribution in [-0.2, 0) is 21.8 Å². The molecular weight excluding hydrogens is 280 g/mol. The normalized spacial score (nSPS) is 27.9. The highest BCUT2D eigenvalue weighted by molar-refractivity contribution is 7.91. The van der Waals surface area contributed by atoms with Gasteiger partial charge in [-0.3, -0.25) is 0 Å². The van der Waals surface area contributed by atoms with Gasteiger partial charge in [0.2, 0.25) is 0 Å². The molecule has 6 heteroatoms. The lowest BCUT2D eigenvalue weighted by Crippen LogP contribution is -2.49. The predicted octanol–water partition coefficient (Wildman–Crippen LogP) is 2.03. The van der Waals surface area contributed by atoms with Gasteiger partial charge in [0.15, 0.2) is 9.84 Å². The molecule has 1 heterocycles. The highest BCUT2D eigenvalue weighted by Crippen LogP contribution is 2.44. The summed E-state index contributed by atoms with van der Waals surface area (Å²) in [6, 6.07) is 0. The number of nitrogens with zero attached hydrogens (tertiary/aromatic N) is 1. The van der Waals surface area contributed by atoms with E-state index in [-0.39, 0.29) is 5.25 Å². The highest BCUT2D eigenvalue weighted by atomic mass is 32.2. The number of sulfone groups is 1. The monoisotopic (exact) mass is 302 g/mol. The molecule has 1 fully saturated rings. The molecule has 0 aliphatic heterocycles. The third kappa shape index (κ3) is 2.45. The van der Waals surface area contributed by atoms with E-state index in [2.05, 4.69) is 19.2 Å². The van der Waals surface area contributed by atoms with Crippen LogP contribution >= 0.6 is 11.3 Å². The Hall–Kier alpha value is -0.460. The highest BCUT2D eigenvalue weighted by Gasteiger charge is 2.50. The molecule has 0 saturated heterocycles. The molecule has 1 aromatic heterocycles. The Labute approximate surface area is 119 Å². The van der Waals surface area contributed by atoms with Gasteiger partial charge in [0.25, 0.3) is 0 Å². The third-order valence-electron chi connectivity index (χ3n) is 4.16. The van der Waals surface area contributed by atoms with E-state index in [0.29, 0.717) is 0 Å². The minimum atomic E-state index is -3.08. The van der Waals surface area contributed by atoms with Crippen LogP contribution in [0.2, 0.25) is 0 Å². The van der Waals surface area contributed by atoms with Crippen molar-refractivity contribution in [2.45, 2.75) is 50.3 Å². The van der Waals surface area contributed by atoms with E-state index >= 15 is 0 Å². The van der Waals surface area contributed by atoms with E-state index in [1.165, 1.54) is 11.1 Å². The van der Waals surface area contributed by atoms with Gasteiger partial charge in [-0.2, -0.15) is 0 Å². The SMILES string of the molecule is CCc1nc(C2(NC)CCCC2S(C)(=O)=O)sc1C. The van der Waals surface area contributed by atoms with Gasteiger partial charge in [-0.15, -0.1) is 11.3 Å². The fraction of sp³-hybridized carbons (Fsp3) is 0.769. The van der Waals surface area contributed by atoms with E-state index < -0.39 is 15.4 Å². The fourth-order valence-electron chi connectivity index (χ4n) is 3.14. The molecule has 1 aliphatic rings. The summed E-state index contributed by atoms with van der Waals surface area (Å²) < 4.78 is 24.2. The molecule has 108 valence electrons. The zero-order valence-corrected chi connectivity index (χ0v) is 13.6. The molecule has 0 spiro atoms. The molecular formula is C13H22N2O2S2. The molecule has 1 aromatic rings. The molecule has 0 radical (unpaired) electrons. The fourth-order valence-corrected chi connectivity index (χ4v) is 6.17. The van der Waals surface area contributed by atoms with Crippen molar-refractivity contribution in [3.05, 3.63) is 15.6 Å². The number of thiazole rings is 1. The largest absolute Gasteiger partial charge is 0.307 e. The van der Waals surface area contributed by atoms with Gasteiger partial charge in [0.1, 0.15) is 5.01 Å². The van der Waals surface area contributed by atoms with Crippen molar-refractivity contribution >= 4 is 21.2 Å². The number of aromatic nitrogens is 1. The summed E-state index contributed by atoms with van der Waals surface area (Å²) in [5.74, 6) is 0. The van der Waals surface area contributed by atoms with Crippen LogP contribution in [0, 0.1) is 6.92 Å². The summed E-state index contributed by atoms with van der Waals surface area (Å²) in [7, 11) is -1.22. The second-order valence-electron chi connectivity index (χ2n) is 5.31. The van der Waals surface area contributed by atoms with E-state index in [0.717, 1.165) is 36.4 Å². The van der Waals surface area contributed by atoms with Gasteiger partial charge in [-0.25, -0.2) is 13.4 Å². The lowest BCUT2D eigenvalue weighted by atomic mass is 9.98. The topological polar surface area (TPSA) is 59.1 Å². The van der Waals surface area contributed by atoms with Crippen molar-refractivity contribution in [2.24, 2.45) is 0 Å². The average Bonchev–Trinajstić information content (AvgIpc) is 2.92. The molecule has 0 amide bonds. The second-order valence-corrected chi connectivity index (χ2v) is 8.74. The van der Waals surface area contributed by atoms with Crippen molar-refractivity contribution in [1.82, 2.24) is 10.3 Å². The van der Waals surface area contributed by atoms with E-state index in [1.807, 2.05) is 7.05 Å². The molecule has 2 rings (SSSR count). The first-order chi connectivity index (χ1) is 8.85. The quantitative estimate of drug-likeness (QED) is 0.924. The minimum absolute atomic E-state index is 0.361. The first kappa shape index (κ1) is 14.9. The van der Waals surface area contributed by atoms with Crippen LogP contribution in [0.1, 0.15) is 41.8 Å². The molecule has 1 aliphatic carbocycles. The summed E-state index contributed by atoms with van der Waals surface area (Å²) in [5, 5.41) is 3.86. The van der Waals surface area contributed by atoms with Gasteiger partial charge in [0, 0.05) is 11.1 Å². The number of nitrogens with one attached hydrogen (secondary N) is 1. The summed E-state index contributed by atoms with van der Waals surface area (Å²) in [4.78, 5) is 5.91. The zero-order chi connectivity index (χ0) is 14.3. The maximum Gasteiger partial charge on any atom is 0.152 e. The Morgan fingerprint density at radius 2 is 2.21 bits per heavy atom. The van der Waals surface area contributed by atoms with Gasteiger partial charge < -0.3 is 5.32 Å². The molecule has 0 bridgehead atoms. The van der Waals surface area contributed by atoms with E-state index in [4.69, 9.17) is 4.98 Å². The van der Waals surface area contributed by atoms with Gasteiger partial charge in [0.05, 0.1) is 16.5 Å². The molecule has 0 aromatic carbocycles. The van der Waals surface area contributed by atoms with Crippen LogP contribution in [0.25, 0.3) is 0 Å². The Morgan fingerprint density at radius 3 is 2.68 bits per heavy atom. The van der Waals surface area contributed by atoms with Crippen LogP contribution in [0.4, 0.5) is 0 Å². The van der Waals surface area contributed by atoms with Crippen LogP contribution in [-0.4, -0.2) is 32.0 Å². The molecule has 1 N–H and O–H groups in total. The number of aryl methyl sites for hydroxylation is 2. The summed E-state index contributed by atoms with van der Waals surface area (Å²) in [5.41, 5.74) is 0.602. The summed E-state index contributed by atoms with van der Waals surface area (Å²) in [6.07, 6.45) is 4.73. The standard InChI is InChI=1S/C13H22N2O2S2/c1-5-10-9(2)18-12(15-10)13(14-3)8-6-7-11(13)19(4,16)17/h11,14H,5-8H2,1-4H3. The van der Waals surface area contributed by atoms with Crippen molar-refractivity contribution in [3.63, 3.8) is 0 Å². The Morgan fingerprint density at radius 1 is 1.53 bits per heavy atom. The molecule has 19 heavy (non-hydrogen) atoms. The first-order valence-corrected chi connectivity index (χ1v) is 9.46. The Bertz CT molecular complexity index is 565. The number of hydrogen-bond donors (Lipinski definition) is 1. The van der Waals surface area contributed by atoms with Crippen LogP contribution in [0.5, 0.6) is 0 Å². The first-order valence-electron chi connectivity index (χ1n) is 6.69. The smallest absolute Gasteiger partial charge is 0.152 e. The molecule has 2 unspecified atom stereocenters. The van der Waals surface area contributed by atoms with Crippen LogP contribution in [0.15, 0.2) is 0 Å². The minimum Gasteiger partial charge on any atom is -0.307 e. The lowest BCUT2D eigenvalue weighted by molar-refractivity contribution is 0.369. The van der Waals surface area contributed by atoms with Gasteiger partial charge >= 0.3 is 0 Å². The van der Waals surface area contributed by atoms with Crippen LogP contribution in [0.3, 0.4) is 0 Å². The van der Waals surface area contributed by atoms with Gasteiger partial charge in [-0.05, 0) is 39.7 Å². The zero-order valence-electron chi connectivity index (χ0n) is 12.0. The Balaban J connectivity index is 2.52. The molecule has 2 atom stereocenters. The maximum atomic E-state index is 12.1. The second kappa shape index (κ2) is 5.14. The van der Waals surface area contributed by atoms with E-state index in [9.17, 15) is 8.42 Å². The summed E-state index contributed by atoms with van der Waals surface area (Å²) in [6.45, 7) is 4.15. The maximum absolute atomic E-state index is 12.1. The Kier molecular flexibility index (Phi) is 4.05. The van der Waals surface area contributed by atoms with E-state index in [1.54, 1.807) is 11.3 Å². The average molecular weight is 302 g/mol. The number of hydrogen-bond acceptors (Lipinski definition) is 5. The summed E-state index contributed by atoms with van der Waals surface area (Å²) >= 11 is 1.64. The molecule has 1 saturated carbocycles. The van der Waals surface area contributed by atoms with Gasteiger partial charge in [-0.1, -0.05) is 6.92 Å². The van der Waals surface area contributed by atoms with Crippen molar-refractivity contribution < 1.29 is 8.42 Å². The van der Waals surface area contributed by atoms with Crippen molar-refractivity contribution in [2.75, 3.05) is 13.3 Å². The number of rotatable bonds is 4.